The maximum Gasteiger partial charge on any atom is 0.274 e. The summed E-state index contributed by atoms with van der Waals surface area (Å²) in [7, 11) is 0. The third kappa shape index (κ3) is 3.21. The van der Waals surface area contributed by atoms with Crippen LogP contribution in [0.15, 0.2) is 36.5 Å². The summed E-state index contributed by atoms with van der Waals surface area (Å²) >= 11 is 12.0. The normalized spacial score (nSPS) is 18.3. The zero-order valence-electron chi connectivity index (χ0n) is 11.6. The van der Waals surface area contributed by atoms with Gasteiger partial charge < -0.3 is 9.64 Å². The van der Waals surface area contributed by atoms with Crippen LogP contribution in [0, 0.1) is 0 Å². The van der Waals surface area contributed by atoms with Gasteiger partial charge in [0.1, 0.15) is 6.10 Å². The van der Waals surface area contributed by atoms with Crippen LogP contribution in [0.5, 0.6) is 0 Å². The molecule has 1 atom stereocenters. The number of aromatic nitrogens is 2. The van der Waals surface area contributed by atoms with Gasteiger partial charge in [-0.05, 0) is 29.8 Å². The van der Waals surface area contributed by atoms with Crippen LogP contribution in [0.2, 0.25) is 10.0 Å². The molecule has 3 rings (SSSR count). The molecule has 1 saturated heterocycles. The first-order valence-corrected chi connectivity index (χ1v) is 7.54. The van der Waals surface area contributed by atoms with Crippen molar-refractivity contribution in [2.75, 3.05) is 19.7 Å². The summed E-state index contributed by atoms with van der Waals surface area (Å²) < 4.78 is 5.74. The maximum absolute atomic E-state index is 12.4. The van der Waals surface area contributed by atoms with Gasteiger partial charge in [0.15, 0.2) is 5.69 Å². The van der Waals surface area contributed by atoms with Crippen molar-refractivity contribution in [2.24, 2.45) is 0 Å². The first kappa shape index (κ1) is 15.2. The minimum Gasteiger partial charge on any atom is -0.370 e. The fourth-order valence-electron chi connectivity index (χ4n) is 2.33. The second-order valence-corrected chi connectivity index (χ2v) is 5.71. The number of hydrogen-bond donors (Lipinski definition) is 0. The minimum atomic E-state index is -0.232. The Hall–Kier alpha value is -1.69. The second kappa shape index (κ2) is 6.60. The van der Waals surface area contributed by atoms with Gasteiger partial charge in [0.25, 0.3) is 5.91 Å². The first-order chi connectivity index (χ1) is 10.6. The molecule has 0 N–H and O–H groups in total. The molecule has 7 heteroatoms. The SMILES string of the molecule is O=C(c1cccnn1)N1CCOC(c2ccc(Cl)c(Cl)c2)C1. The molecule has 114 valence electrons. The number of hydrogen-bond acceptors (Lipinski definition) is 4. The molecule has 0 spiro atoms. The Bertz CT molecular complexity index is 682. The molecule has 1 unspecified atom stereocenters. The smallest absolute Gasteiger partial charge is 0.274 e. The molecule has 0 aliphatic carbocycles. The molecule has 5 nitrogen and oxygen atoms in total. The van der Waals surface area contributed by atoms with Gasteiger partial charge in [0, 0.05) is 12.7 Å². The van der Waals surface area contributed by atoms with E-state index >= 15 is 0 Å². The highest BCUT2D eigenvalue weighted by atomic mass is 35.5. The molecule has 1 aromatic heterocycles. The zero-order valence-corrected chi connectivity index (χ0v) is 13.1. The first-order valence-electron chi connectivity index (χ1n) is 6.78. The number of benzene rings is 1. The van der Waals surface area contributed by atoms with Crippen LogP contribution in [-0.4, -0.2) is 40.7 Å². The van der Waals surface area contributed by atoms with Crippen molar-refractivity contribution < 1.29 is 9.53 Å². The van der Waals surface area contributed by atoms with Crippen LogP contribution < -0.4 is 0 Å². The highest BCUT2D eigenvalue weighted by molar-refractivity contribution is 6.42. The number of nitrogens with zero attached hydrogens (tertiary/aromatic N) is 3. The minimum absolute atomic E-state index is 0.151. The summed E-state index contributed by atoms with van der Waals surface area (Å²) in [6.45, 7) is 1.41. The van der Waals surface area contributed by atoms with Gasteiger partial charge in [-0.1, -0.05) is 29.3 Å². The highest BCUT2D eigenvalue weighted by Gasteiger charge is 2.27. The lowest BCUT2D eigenvalue weighted by molar-refractivity contribution is -0.0230. The lowest BCUT2D eigenvalue weighted by atomic mass is 10.1. The van der Waals surface area contributed by atoms with Gasteiger partial charge in [-0.25, -0.2) is 0 Å². The van der Waals surface area contributed by atoms with Crippen LogP contribution >= 0.6 is 23.2 Å². The number of halogens is 2. The van der Waals surface area contributed by atoms with Crippen molar-refractivity contribution in [1.29, 1.82) is 0 Å². The van der Waals surface area contributed by atoms with Gasteiger partial charge in [0.05, 0.1) is 23.2 Å². The number of carbonyl (C=O) groups excluding carboxylic acids is 1. The number of amides is 1. The van der Waals surface area contributed by atoms with E-state index < -0.39 is 0 Å². The van der Waals surface area contributed by atoms with E-state index in [1.165, 1.54) is 6.20 Å². The van der Waals surface area contributed by atoms with Crippen molar-refractivity contribution in [2.45, 2.75) is 6.10 Å². The van der Waals surface area contributed by atoms with E-state index in [9.17, 15) is 4.79 Å². The molecule has 0 saturated carbocycles. The molecular weight excluding hydrogens is 325 g/mol. The highest BCUT2D eigenvalue weighted by Crippen LogP contribution is 2.29. The van der Waals surface area contributed by atoms with Crippen molar-refractivity contribution in [3.05, 3.63) is 57.8 Å². The van der Waals surface area contributed by atoms with Gasteiger partial charge in [-0.2, -0.15) is 5.10 Å². The third-order valence-electron chi connectivity index (χ3n) is 3.46. The molecule has 0 radical (unpaired) electrons. The van der Waals surface area contributed by atoms with Crippen LogP contribution in [0.25, 0.3) is 0 Å². The van der Waals surface area contributed by atoms with Gasteiger partial charge >= 0.3 is 0 Å². The molecule has 22 heavy (non-hydrogen) atoms. The Morgan fingerprint density at radius 3 is 2.86 bits per heavy atom. The fraction of sp³-hybridized carbons (Fsp3) is 0.267. The predicted molar refractivity (Wildman–Crippen MR) is 83.1 cm³/mol. The summed E-state index contributed by atoms with van der Waals surface area (Å²) in [5.74, 6) is -0.151. The van der Waals surface area contributed by atoms with E-state index in [1.54, 1.807) is 29.2 Å². The maximum atomic E-state index is 12.4. The zero-order chi connectivity index (χ0) is 15.5. The molecule has 1 aliphatic rings. The lowest BCUT2D eigenvalue weighted by Gasteiger charge is -2.33. The molecule has 1 fully saturated rings. The lowest BCUT2D eigenvalue weighted by Crippen LogP contribution is -2.42. The Kier molecular flexibility index (Phi) is 4.57. The Morgan fingerprint density at radius 1 is 1.27 bits per heavy atom. The van der Waals surface area contributed by atoms with Crippen molar-refractivity contribution in [3.63, 3.8) is 0 Å². The summed E-state index contributed by atoms with van der Waals surface area (Å²) in [5.41, 5.74) is 1.23. The Labute approximate surface area is 137 Å². The molecule has 1 amide bonds. The van der Waals surface area contributed by atoms with E-state index in [2.05, 4.69) is 10.2 Å². The van der Waals surface area contributed by atoms with E-state index in [1.807, 2.05) is 6.07 Å². The summed E-state index contributed by atoms with van der Waals surface area (Å²) in [5, 5.41) is 8.56. The Morgan fingerprint density at radius 2 is 2.14 bits per heavy atom. The van der Waals surface area contributed by atoms with Gasteiger partial charge in [-0.15, -0.1) is 5.10 Å². The van der Waals surface area contributed by atoms with Gasteiger partial charge in [0.2, 0.25) is 0 Å². The molecule has 2 heterocycles. The number of ether oxygens (including phenoxy) is 1. The van der Waals surface area contributed by atoms with Crippen LogP contribution in [0.4, 0.5) is 0 Å². The molecule has 0 bridgehead atoms. The number of morpholine rings is 1. The third-order valence-corrected chi connectivity index (χ3v) is 4.20. The summed E-state index contributed by atoms with van der Waals surface area (Å²) in [6, 6.07) is 8.70. The number of carbonyl (C=O) groups is 1. The largest absolute Gasteiger partial charge is 0.370 e. The Balaban J connectivity index is 1.76. The van der Waals surface area contributed by atoms with Crippen molar-refractivity contribution in [1.82, 2.24) is 15.1 Å². The van der Waals surface area contributed by atoms with Crippen LogP contribution in [-0.2, 0) is 4.74 Å². The standard InChI is InChI=1S/C15H13Cl2N3O2/c16-11-4-3-10(8-12(11)17)14-9-20(6-7-22-14)15(21)13-2-1-5-18-19-13/h1-5,8,14H,6-7,9H2. The average molecular weight is 338 g/mol. The molecule has 2 aromatic rings. The molecule has 1 aliphatic heterocycles. The van der Waals surface area contributed by atoms with Crippen molar-refractivity contribution >= 4 is 29.1 Å². The second-order valence-electron chi connectivity index (χ2n) is 4.89. The molecule has 1 aromatic carbocycles. The monoisotopic (exact) mass is 337 g/mol. The van der Waals surface area contributed by atoms with Crippen molar-refractivity contribution in [3.8, 4) is 0 Å². The predicted octanol–water partition coefficient (Wildman–Crippen LogP) is 3.00. The van der Waals surface area contributed by atoms with Gasteiger partial charge in [-0.3, -0.25) is 4.79 Å². The number of rotatable bonds is 2. The van der Waals surface area contributed by atoms with Crippen LogP contribution in [0.1, 0.15) is 22.2 Å². The summed E-state index contributed by atoms with van der Waals surface area (Å²) in [4.78, 5) is 14.1. The summed E-state index contributed by atoms with van der Waals surface area (Å²) in [6.07, 6.45) is 1.30. The van der Waals surface area contributed by atoms with E-state index in [-0.39, 0.29) is 12.0 Å². The van der Waals surface area contributed by atoms with E-state index in [0.717, 1.165) is 5.56 Å². The van der Waals surface area contributed by atoms with Crippen LogP contribution in [0.3, 0.4) is 0 Å². The van der Waals surface area contributed by atoms with E-state index in [0.29, 0.717) is 35.4 Å². The quantitative estimate of drug-likeness (QED) is 0.845. The molecular formula is C15H13Cl2N3O2. The fourth-order valence-corrected chi connectivity index (χ4v) is 2.63. The van der Waals surface area contributed by atoms with E-state index in [4.69, 9.17) is 27.9 Å². The average Bonchev–Trinajstić information content (AvgIpc) is 2.57. The topological polar surface area (TPSA) is 55.3 Å².